The minimum absolute atomic E-state index is 0.574. The Balaban J connectivity index is 1.62. The lowest BCUT2D eigenvalue weighted by molar-refractivity contribution is 0.850. The first-order valence-electron chi connectivity index (χ1n) is 7.56. The Morgan fingerprint density at radius 2 is 2.04 bits per heavy atom. The zero-order chi connectivity index (χ0) is 17.4. The molecule has 1 aromatic carbocycles. The molecule has 8 heteroatoms. The molecule has 3 aromatic heterocycles. The maximum atomic E-state index is 6.52. The predicted molar refractivity (Wildman–Crippen MR) is 105 cm³/mol. The van der Waals surface area contributed by atoms with Gasteiger partial charge in [0.2, 0.25) is 5.16 Å². The van der Waals surface area contributed by atoms with Crippen LogP contribution in [0.25, 0.3) is 21.6 Å². The fraction of sp³-hybridized carbons (Fsp3) is 0.118. The van der Waals surface area contributed by atoms with Gasteiger partial charge in [0.05, 0.1) is 21.1 Å². The molecule has 0 unspecified atom stereocenters. The molecule has 126 valence electrons. The normalized spacial score (nSPS) is 11.3. The van der Waals surface area contributed by atoms with Crippen LogP contribution in [0.15, 0.2) is 46.9 Å². The SMILES string of the molecule is Cc1c(Cl)c(CSc2nnc(-c3cccs3)n2N)nc2ccccc12. The molecule has 4 aromatic rings. The minimum atomic E-state index is 0.574. The predicted octanol–water partition coefficient (Wildman–Crippen LogP) is 4.52. The molecular weight excluding hydrogens is 374 g/mol. The summed E-state index contributed by atoms with van der Waals surface area (Å²) in [5, 5.41) is 12.7. The Hall–Kier alpha value is -2.09. The molecule has 0 saturated heterocycles. The van der Waals surface area contributed by atoms with Gasteiger partial charge in [-0.1, -0.05) is 47.6 Å². The Kier molecular flexibility index (Phi) is 4.37. The summed E-state index contributed by atoms with van der Waals surface area (Å²) in [5.74, 6) is 7.37. The van der Waals surface area contributed by atoms with Crippen molar-refractivity contribution in [2.75, 3.05) is 5.84 Å². The van der Waals surface area contributed by atoms with Crippen LogP contribution < -0.4 is 5.84 Å². The second-order valence-electron chi connectivity index (χ2n) is 5.46. The maximum absolute atomic E-state index is 6.52. The van der Waals surface area contributed by atoms with E-state index in [-0.39, 0.29) is 0 Å². The first-order valence-corrected chi connectivity index (χ1v) is 9.80. The van der Waals surface area contributed by atoms with E-state index < -0.39 is 0 Å². The molecule has 0 amide bonds. The second-order valence-corrected chi connectivity index (χ2v) is 7.72. The molecule has 4 rings (SSSR count). The lowest BCUT2D eigenvalue weighted by atomic mass is 10.1. The van der Waals surface area contributed by atoms with Gasteiger partial charge in [0, 0.05) is 11.1 Å². The topological polar surface area (TPSA) is 69.6 Å². The Morgan fingerprint density at radius 1 is 1.20 bits per heavy atom. The van der Waals surface area contributed by atoms with E-state index in [1.54, 1.807) is 11.3 Å². The summed E-state index contributed by atoms with van der Waals surface area (Å²) in [7, 11) is 0. The number of nitrogens with zero attached hydrogens (tertiary/aromatic N) is 4. The van der Waals surface area contributed by atoms with Crippen molar-refractivity contribution in [2.24, 2.45) is 0 Å². The number of rotatable bonds is 4. The standard InChI is InChI=1S/C17H14ClN5S2/c1-10-11-5-2-3-6-12(11)20-13(15(10)18)9-25-17-22-21-16(23(17)19)14-7-4-8-24-14/h2-8H,9,19H2,1H3. The van der Waals surface area contributed by atoms with Crippen molar-refractivity contribution in [1.29, 1.82) is 0 Å². The third-order valence-corrected chi connectivity index (χ3v) is 6.21. The van der Waals surface area contributed by atoms with Gasteiger partial charge in [0.15, 0.2) is 5.82 Å². The minimum Gasteiger partial charge on any atom is -0.335 e. The number of nitrogens with two attached hydrogens (primary N) is 1. The lowest BCUT2D eigenvalue weighted by Crippen LogP contribution is -2.11. The second kappa shape index (κ2) is 6.67. The summed E-state index contributed by atoms with van der Waals surface area (Å²) < 4.78 is 1.51. The van der Waals surface area contributed by atoms with Gasteiger partial charge in [-0.25, -0.2) is 4.68 Å². The van der Waals surface area contributed by atoms with Crippen molar-refractivity contribution < 1.29 is 0 Å². The summed E-state index contributed by atoms with van der Waals surface area (Å²) >= 11 is 9.57. The van der Waals surface area contributed by atoms with Crippen LogP contribution in [0.2, 0.25) is 5.02 Å². The van der Waals surface area contributed by atoms with E-state index >= 15 is 0 Å². The van der Waals surface area contributed by atoms with E-state index in [9.17, 15) is 0 Å². The number of fused-ring (bicyclic) bond motifs is 1. The molecule has 5 nitrogen and oxygen atoms in total. The zero-order valence-corrected chi connectivity index (χ0v) is 15.7. The van der Waals surface area contributed by atoms with Crippen molar-refractivity contribution in [2.45, 2.75) is 17.8 Å². The number of aryl methyl sites for hydroxylation is 1. The monoisotopic (exact) mass is 387 g/mol. The smallest absolute Gasteiger partial charge is 0.210 e. The van der Waals surface area contributed by atoms with Crippen LogP contribution in [-0.2, 0) is 5.75 Å². The van der Waals surface area contributed by atoms with Crippen LogP contribution in [0.5, 0.6) is 0 Å². The van der Waals surface area contributed by atoms with Gasteiger partial charge in [-0.05, 0) is 30.0 Å². The molecule has 0 aliphatic heterocycles. The van der Waals surface area contributed by atoms with Crippen LogP contribution >= 0.6 is 34.7 Å². The summed E-state index contributed by atoms with van der Waals surface area (Å²) in [6.45, 7) is 2.01. The van der Waals surface area contributed by atoms with Crippen LogP contribution in [-0.4, -0.2) is 19.9 Å². The van der Waals surface area contributed by atoms with Crippen molar-refractivity contribution in [3.8, 4) is 10.7 Å². The fourth-order valence-electron chi connectivity index (χ4n) is 2.60. The summed E-state index contributed by atoms with van der Waals surface area (Å²) in [4.78, 5) is 5.67. The van der Waals surface area contributed by atoms with Crippen LogP contribution in [0.1, 0.15) is 11.3 Å². The molecule has 2 N–H and O–H groups in total. The molecule has 25 heavy (non-hydrogen) atoms. The highest BCUT2D eigenvalue weighted by molar-refractivity contribution is 7.98. The number of nitrogen functional groups attached to an aromatic ring is 1. The molecule has 3 heterocycles. The van der Waals surface area contributed by atoms with Crippen molar-refractivity contribution in [3.05, 3.63) is 58.1 Å². The molecule has 0 aliphatic carbocycles. The van der Waals surface area contributed by atoms with Crippen LogP contribution in [0.4, 0.5) is 0 Å². The summed E-state index contributed by atoms with van der Waals surface area (Å²) in [5.41, 5.74) is 2.80. The van der Waals surface area contributed by atoms with Crippen LogP contribution in [0.3, 0.4) is 0 Å². The lowest BCUT2D eigenvalue weighted by Gasteiger charge is -2.09. The van der Waals surface area contributed by atoms with Gasteiger partial charge >= 0.3 is 0 Å². The average molecular weight is 388 g/mol. The zero-order valence-electron chi connectivity index (χ0n) is 13.3. The first-order chi connectivity index (χ1) is 12.1. The molecule has 0 spiro atoms. The first kappa shape index (κ1) is 16.4. The van der Waals surface area contributed by atoms with E-state index in [4.69, 9.17) is 17.4 Å². The molecule has 0 aliphatic rings. The fourth-order valence-corrected chi connectivity index (χ4v) is 4.39. The number of para-hydroxylation sites is 1. The van der Waals surface area contributed by atoms with E-state index in [1.165, 1.54) is 16.4 Å². The third kappa shape index (κ3) is 2.99. The number of pyridine rings is 1. The van der Waals surface area contributed by atoms with Crippen LogP contribution in [0, 0.1) is 6.92 Å². The summed E-state index contributed by atoms with van der Waals surface area (Å²) in [6.07, 6.45) is 0. The van der Waals surface area contributed by atoms with E-state index in [0.29, 0.717) is 21.8 Å². The molecule has 0 saturated carbocycles. The van der Waals surface area contributed by atoms with Crippen molar-refractivity contribution in [1.82, 2.24) is 19.9 Å². The number of halogens is 1. The van der Waals surface area contributed by atoms with E-state index in [2.05, 4.69) is 15.2 Å². The molecular formula is C17H14ClN5S2. The third-order valence-electron chi connectivity index (χ3n) is 3.89. The van der Waals surface area contributed by atoms with Crippen molar-refractivity contribution >= 4 is 45.6 Å². The summed E-state index contributed by atoms with van der Waals surface area (Å²) in [6, 6.07) is 11.9. The number of thiophene rings is 1. The van der Waals surface area contributed by atoms with E-state index in [0.717, 1.165) is 27.0 Å². The number of aromatic nitrogens is 4. The number of hydrogen-bond acceptors (Lipinski definition) is 6. The Bertz CT molecular complexity index is 1040. The Labute approximate surface area is 157 Å². The van der Waals surface area contributed by atoms with Gasteiger partial charge in [0.1, 0.15) is 0 Å². The van der Waals surface area contributed by atoms with Gasteiger partial charge in [-0.3, -0.25) is 4.98 Å². The average Bonchev–Trinajstić information content (AvgIpc) is 3.27. The number of hydrogen-bond donors (Lipinski definition) is 1. The number of thioether (sulfide) groups is 1. The maximum Gasteiger partial charge on any atom is 0.210 e. The quantitative estimate of drug-likeness (QED) is 0.411. The highest BCUT2D eigenvalue weighted by Crippen LogP contribution is 2.31. The van der Waals surface area contributed by atoms with Gasteiger partial charge in [0.25, 0.3) is 0 Å². The Morgan fingerprint density at radius 3 is 2.84 bits per heavy atom. The van der Waals surface area contributed by atoms with Gasteiger partial charge in [-0.2, -0.15) is 0 Å². The van der Waals surface area contributed by atoms with E-state index in [1.807, 2.05) is 48.7 Å². The molecule has 0 radical (unpaired) electrons. The largest absolute Gasteiger partial charge is 0.335 e. The molecule has 0 bridgehead atoms. The molecule has 0 atom stereocenters. The van der Waals surface area contributed by atoms with Gasteiger partial charge < -0.3 is 5.84 Å². The highest BCUT2D eigenvalue weighted by atomic mass is 35.5. The number of benzene rings is 1. The molecule has 0 fully saturated rings. The van der Waals surface area contributed by atoms with Gasteiger partial charge in [-0.15, -0.1) is 21.5 Å². The highest BCUT2D eigenvalue weighted by Gasteiger charge is 2.15. The van der Waals surface area contributed by atoms with Crippen molar-refractivity contribution in [3.63, 3.8) is 0 Å².